The summed E-state index contributed by atoms with van der Waals surface area (Å²) in [5.41, 5.74) is 0.779. The van der Waals surface area contributed by atoms with Crippen molar-refractivity contribution in [2.45, 2.75) is 13.0 Å². The molecule has 0 aliphatic rings. The van der Waals surface area contributed by atoms with Gasteiger partial charge in [0, 0.05) is 6.20 Å². The van der Waals surface area contributed by atoms with Crippen molar-refractivity contribution in [3.05, 3.63) is 29.0 Å². The molecule has 13 heavy (non-hydrogen) atoms. The van der Waals surface area contributed by atoms with Crippen molar-refractivity contribution in [1.29, 1.82) is 0 Å². The minimum absolute atomic E-state index is 0.192. The van der Waals surface area contributed by atoms with Crippen LogP contribution < -0.4 is 0 Å². The van der Waals surface area contributed by atoms with Crippen molar-refractivity contribution in [1.82, 2.24) is 4.98 Å². The van der Waals surface area contributed by atoms with Crippen molar-refractivity contribution in [3.63, 3.8) is 0 Å². The van der Waals surface area contributed by atoms with Gasteiger partial charge >= 0.3 is 0 Å². The quantitative estimate of drug-likeness (QED) is 0.627. The summed E-state index contributed by atoms with van der Waals surface area (Å²) in [5.74, 6) is 0. The highest BCUT2D eigenvalue weighted by Crippen LogP contribution is 2.17. The maximum absolute atomic E-state index is 5.68. The molecule has 1 aromatic heterocycles. The number of nitrogens with zero attached hydrogens (tertiary/aromatic N) is 1. The van der Waals surface area contributed by atoms with E-state index in [1.54, 1.807) is 18.3 Å². The zero-order valence-electron chi connectivity index (χ0n) is 6.90. The lowest BCUT2D eigenvalue weighted by Crippen LogP contribution is -2.03. The fourth-order valence-electron chi connectivity index (χ4n) is 0.839. The van der Waals surface area contributed by atoms with E-state index in [0.29, 0.717) is 5.02 Å². The van der Waals surface area contributed by atoms with Crippen LogP contribution in [0.4, 0.5) is 0 Å². The zero-order valence-corrected chi connectivity index (χ0v) is 9.37. The molecule has 0 saturated carbocycles. The van der Waals surface area contributed by atoms with Crippen molar-refractivity contribution in [2.75, 3.05) is 0 Å². The van der Waals surface area contributed by atoms with Gasteiger partial charge in [-0.15, -0.1) is 0 Å². The number of halogens is 1. The lowest BCUT2D eigenvalue weighted by molar-refractivity contribution is 0.222. The van der Waals surface area contributed by atoms with E-state index >= 15 is 0 Å². The second-order valence-corrected chi connectivity index (χ2v) is 3.94. The van der Waals surface area contributed by atoms with Crippen LogP contribution in [0.15, 0.2) is 18.3 Å². The Labute approximate surface area is 92.7 Å². The first-order valence-corrected chi connectivity index (χ1v) is 4.84. The third-order valence-electron chi connectivity index (χ3n) is 1.44. The summed E-state index contributed by atoms with van der Waals surface area (Å²) in [6.45, 7) is 1.85. The SMILES string of the molecule is CC(OC(=S)S)c1ccc(Cl)cn1. The summed E-state index contributed by atoms with van der Waals surface area (Å²) >= 11 is 14.2. The Morgan fingerprint density at radius 3 is 2.85 bits per heavy atom. The molecule has 2 nitrogen and oxygen atoms in total. The number of pyridine rings is 1. The van der Waals surface area contributed by atoms with E-state index in [1.165, 1.54) is 0 Å². The van der Waals surface area contributed by atoms with Crippen molar-refractivity contribution in [3.8, 4) is 0 Å². The monoisotopic (exact) mass is 233 g/mol. The highest BCUT2D eigenvalue weighted by molar-refractivity contribution is 8.10. The van der Waals surface area contributed by atoms with E-state index < -0.39 is 0 Å². The first kappa shape index (κ1) is 10.8. The molecule has 0 radical (unpaired) electrons. The van der Waals surface area contributed by atoms with Crippen LogP contribution in [-0.2, 0) is 4.74 Å². The Balaban J connectivity index is 2.71. The molecule has 1 heterocycles. The molecule has 0 fully saturated rings. The van der Waals surface area contributed by atoms with Crippen molar-refractivity contribution >= 4 is 40.8 Å². The van der Waals surface area contributed by atoms with Crippen LogP contribution in [-0.4, -0.2) is 9.37 Å². The average molecular weight is 234 g/mol. The molecule has 0 N–H and O–H groups in total. The van der Waals surface area contributed by atoms with Crippen LogP contribution in [0, 0.1) is 0 Å². The van der Waals surface area contributed by atoms with Gasteiger partial charge in [0.05, 0.1) is 10.7 Å². The summed E-state index contributed by atoms with van der Waals surface area (Å²) in [4.78, 5) is 4.08. The minimum Gasteiger partial charge on any atom is -0.469 e. The molecule has 0 aromatic carbocycles. The fourth-order valence-corrected chi connectivity index (χ4v) is 1.25. The number of thiol groups is 1. The summed E-state index contributed by atoms with van der Waals surface area (Å²) in [6.07, 6.45) is 1.38. The molecule has 70 valence electrons. The number of thiocarbonyl (C=S) groups is 1. The standard InChI is InChI=1S/C8H8ClNOS2/c1-5(11-8(12)13)7-3-2-6(9)4-10-7/h2-5H,1H3,(H,12,13). The van der Waals surface area contributed by atoms with Crippen LogP contribution in [0.2, 0.25) is 5.02 Å². The largest absolute Gasteiger partial charge is 0.469 e. The van der Waals surface area contributed by atoms with Crippen LogP contribution >= 0.6 is 36.4 Å². The van der Waals surface area contributed by atoms with Crippen LogP contribution in [0.25, 0.3) is 0 Å². The van der Waals surface area contributed by atoms with Gasteiger partial charge in [0.15, 0.2) is 0 Å². The molecule has 0 aliphatic carbocycles. The number of hydrogen-bond donors (Lipinski definition) is 1. The fraction of sp³-hybridized carbons (Fsp3) is 0.250. The molecule has 1 atom stereocenters. The van der Waals surface area contributed by atoms with Gasteiger partial charge in [-0.05, 0) is 31.3 Å². The van der Waals surface area contributed by atoms with Gasteiger partial charge in [-0.25, -0.2) is 0 Å². The topological polar surface area (TPSA) is 22.1 Å². The maximum Gasteiger partial charge on any atom is 0.217 e. The van der Waals surface area contributed by atoms with Gasteiger partial charge in [0.25, 0.3) is 0 Å². The molecule has 0 saturated heterocycles. The van der Waals surface area contributed by atoms with E-state index in [0.717, 1.165) is 5.69 Å². The van der Waals surface area contributed by atoms with E-state index in [-0.39, 0.29) is 10.5 Å². The normalized spacial score (nSPS) is 12.2. The minimum atomic E-state index is -0.192. The molecule has 0 aliphatic heterocycles. The Kier molecular flexibility index (Phi) is 3.96. The van der Waals surface area contributed by atoms with Crippen LogP contribution in [0.5, 0.6) is 0 Å². The lowest BCUT2D eigenvalue weighted by Gasteiger charge is -2.11. The average Bonchev–Trinajstić information content (AvgIpc) is 2.04. The first-order valence-electron chi connectivity index (χ1n) is 3.60. The Hall–Kier alpha value is -0.320. The van der Waals surface area contributed by atoms with Crippen LogP contribution in [0.3, 0.4) is 0 Å². The van der Waals surface area contributed by atoms with E-state index in [2.05, 4.69) is 29.8 Å². The Morgan fingerprint density at radius 2 is 2.38 bits per heavy atom. The summed E-state index contributed by atoms with van der Waals surface area (Å²) in [5, 5.41) is 0.601. The summed E-state index contributed by atoms with van der Waals surface area (Å²) in [6, 6.07) is 3.55. The first-order chi connectivity index (χ1) is 6.09. The molecule has 1 aromatic rings. The van der Waals surface area contributed by atoms with Crippen molar-refractivity contribution in [2.24, 2.45) is 0 Å². The zero-order chi connectivity index (χ0) is 9.84. The molecule has 1 rings (SSSR count). The second kappa shape index (κ2) is 4.79. The predicted octanol–water partition coefficient (Wildman–Crippen LogP) is 3.03. The van der Waals surface area contributed by atoms with E-state index in [1.807, 2.05) is 6.92 Å². The smallest absolute Gasteiger partial charge is 0.217 e. The Bertz CT molecular complexity index is 302. The van der Waals surface area contributed by atoms with Gasteiger partial charge in [-0.2, -0.15) is 0 Å². The van der Waals surface area contributed by atoms with Crippen molar-refractivity contribution < 1.29 is 4.74 Å². The van der Waals surface area contributed by atoms with Gasteiger partial charge in [0.1, 0.15) is 6.10 Å². The second-order valence-electron chi connectivity index (χ2n) is 2.43. The molecule has 0 amide bonds. The summed E-state index contributed by atoms with van der Waals surface area (Å²) in [7, 11) is 0. The third-order valence-corrected chi connectivity index (χ3v) is 1.87. The van der Waals surface area contributed by atoms with Gasteiger partial charge < -0.3 is 4.74 Å². The van der Waals surface area contributed by atoms with E-state index in [4.69, 9.17) is 16.3 Å². The lowest BCUT2D eigenvalue weighted by atomic mass is 10.2. The highest BCUT2D eigenvalue weighted by Gasteiger charge is 2.07. The molecule has 1 unspecified atom stereocenters. The van der Waals surface area contributed by atoms with Crippen LogP contribution in [0.1, 0.15) is 18.7 Å². The van der Waals surface area contributed by atoms with Gasteiger partial charge in [0.2, 0.25) is 4.38 Å². The summed E-state index contributed by atoms with van der Waals surface area (Å²) < 4.78 is 5.38. The number of rotatable bonds is 2. The molecule has 5 heteroatoms. The predicted molar refractivity (Wildman–Crippen MR) is 60.3 cm³/mol. The molecular formula is C8H8ClNOS2. The third kappa shape index (κ3) is 3.50. The number of aromatic nitrogens is 1. The molecule has 0 bridgehead atoms. The number of hydrogen-bond acceptors (Lipinski definition) is 3. The van der Waals surface area contributed by atoms with Gasteiger partial charge in [-0.3, -0.25) is 4.98 Å². The molecule has 0 spiro atoms. The molecular weight excluding hydrogens is 226 g/mol. The van der Waals surface area contributed by atoms with Gasteiger partial charge in [-0.1, -0.05) is 24.2 Å². The number of ether oxygens (including phenoxy) is 1. The Morgan fingerprint density at radius 1 is 1.69 bits per heavy atom. The van der Waals surface area contributed by atoms with E-state index in [9.17, 15) is 0 Å². The highest BCUT2D eigenvalue weighted by atomic mass is 35.5. The maximum atomic E-state index is 5.68.